The van der Waals surface area contributed by atoms with Crippen LogP contribution in [-0.4, -0.2) is 25.3 Å². The number of nitrogens with zero attached hydrogens (tertiary/aromatic N) is 2. The standard InChI is InChI=1S/C8H17N3/c1-5-7-11(10-4)8(6-2)9-3/h6,10H,3,5,7H2,1-2,4H3/b8-6-. The highest BCUT2D eigenvalue weighted by Gasteiger charge is 2.01. The van der Waals surface area contributed by atoms with Crippen molar-refractivity contribution < 1.29 is 0 Å². The molecule has 0 saturated heterocycles. The van der Waals surface area contributed by atoms with E-state index < -0.39 is 0 Å². The smallest absolute Gasteiger partial charge is 0.137 e. The molecule has 0 aromatic carbocycles. The number of hydrazine groups is 1. The quantitative estimate of drug-likeness (QED) is 0.480. The fourth-order valence-electron chi connectivity index (χ4n) is 0.897. The van der Waals surface area contributed by atoms with Crippen molar-refractivity contribution >= 4 is 6.72 Å². The van der Waals surface area contributed by atoms with Crippen molar-refractivity contribution in [1.29, 1.82) is 0 Å². The van der Waals surface area contributed by atoms with Gasteiger partial charge in [-0.3, -0.25) is 5.01 Å². The lowest BCUT2D eigenvalue weighted by molar-refractivity contribution is 0.268. The number of hydrogen-bond acceptors (Lipinski definition) is 3. The second-order valence-electron chi connectivity index (χ2n) is 2.18. The second kappa shape index (κ2) is 5.92. The summed E-state index contributed by atoms with van der Waals surface area (Å²) in [5.41, 5.74) is 3.04. The van der Waals surface area contributed by atoms with E-state index in [1.54, 1.807) is 0 Å². The minimum absolute atomic E-state index is 0.884. The Morgan fingerprint density at radius 2 is 2.36 bits per heavy atom. The van der Waals surface area contributed by atoms with Crippen LogP contribution < -0.4 is 5.43 Å². The van der Waals surface area contributed by atoms with Crippen LogP contribution in [0.1, 0.15) is 20.3 Å². The molecule has 0 atom stereocenters. The zero-order valence-corrected chi connectivity index (χ0v) is 7.59. The first-order valence-electron chi connectivity index (χ1n) is 3.88. The van der Waals surface area contributed by atoms with Crippen LogP contribution in [0.25, 0.3) is 0 Å². The average Bonchev–Trinajstić information content (AvgIpc) is 2.05. The highest BCUT2D eigenvalue weighted by molar-refractivity contribution is 5.28. The zero-order chi connectivity index (χ0) is 8.69. The van der Waals surface area contributed by atoms with E-state index in [4.69, 9.17) is 0 Å². The minimum atomic E-state index is 0.884. The molecule has 0 aliphatic carbocycles. The number of hydrogen-bond donors (Lipinski definition) is 1. The molecule has 0 radical (unpaired) electrons. The number of rotatable bonds is 5. The monoisotopic (exact) mass is 155 g/mol. The van der Waals surface area contributed by atoms with E-state index in [9.17, 15) is 0 Å². The highest BCUT2D eigenvalue weighted by atomic mass is 15.5. The van der Waals surface area contributed by atoms with Gasteiger partial charge in [0.15, 0.2) is 0 Å². The first kappa shape index (κ1) is 10.2. The molecule has 3 nitrogen and oxygen atoms in total. The lowest BCUT2D eigenvalue weighted by atomic mass is 10.4. The first-order chi connectivity index (χ1) is 5.29. The van der Waals surface area contributed by atoms with Crippen LogP contribution in [0.4, 0.5) is 0 Å². The van der Waals surface area contributed by atoms with E-state index in [1.165, 1.54) is 0 Å². The van der Waals surface area contributed by atoms with Gasteiger partial charge in [0.05, 0.1) is 0 Å². The summed E-state index contributed by atoms with van der Waals surface area (Å²) in [6.07, 6.45) is 3.02. The summed E-state index contributed by atoms with van der Waals surface area (Å²) in [5, 5.41) is 1.97. The van der Waals surface area contributed by atoms with Crippen LogP contribution in [0, 0.1) is 0 Å². The van der Waals surface area contributed by atoms with Crippen molar-refractivity contribution in [3.63, 3.8) is 0 Å². The van der Waals surface area contributed by atoms with E-state index >= 15 is 0 Å². The molecule has 3 heteroatoms. The zero-order valence-electron chi connectivity index (χ0n) is 7.59. The van der Waals surface area contributed by atoms with Gasteiger partial charge < -0.3 is 0 Å². The third kappa shape index (κ3) is 3.18. The van der Waals surface area contributed by atoms with Crippen LogP contribution in [0.2, 0.25) is 0 Å². The van der Waals surface area contributed by atoms with Gasteiger partial charge in [0, 0.05) is 13.6 Å². The van der Waals surface area contributed by atoms with Gasteiger partial charge in [-0.2, -0.15) is 0 Å². The molecule has 0 aromatic rings. The van der Waals surface area contributed by atoms with Crippen LogP contribution >= 0.6 is 0 Å². The summed E-state index contributed by atoms with van der Waals surface area (Å²) in [6.45, 7) is 8.51. The molecule has 0 saturated carbocycles. The molecule has 0 aliphatic heterocycles. The van der Waals surface area contributed by atoms with Crippen molar-refractivity contribution in [3.05, 3.63) is 11.9 Å². The van der Waals surface area contributed by atoms with Gasteiger partial charge in [-0.25, -0.2) is 10.4 Å². The molecule has 0 aromatic heterocycles. The van der Waals surface area contributed by atoms with Crippen LogP contribution in [0.15, 0.2) is 16.9 Å². The van der Waals surface area contributed by atoms with Gasteiger partial charge in [0.1, 0.15) is 5.82 Å². The number of allylic oxidation sites excluding steroid dienone is 1. The minimum Gasteiger partial charge on any atom is -0.293 e. The Labute approximate surface area is 68.8 Å². The van der Waals surface area contributed by atoms with Crippen molar-refractivity contribution in [2.45, 2.75) is 20.3 Å². The van der Waals surface area contributed by atoms with Gasteiger partial charge in [0.25, 0.3) is 0 Å². The molecule has 0 rings (SSSR count). The van der Waals surface area contributed by atoms with Gasteiger partial charge in [-0.1, -0.05) is 6.92 Å². The molecule has 0 unspecified atom stereocenters. The van der Waals surface area contributed by atoms with Gasteiger partial charge in [0.2, 0.25) is 0 Å². The van der Waals surface area contributed by atoms with Crippen LogP contribution in [-0.2, 0) is 0 Å². The maximum absolute atomic E-state index is 3.87. The molecule has 0 aliphatic rings. The fourth-order valence-corrected chi connectivity index (χ4v) is 0.897. The van der Waals surface area contributed by atoms with E-state index in [2.05, 4.69) is 24.1 Å². The summed E-state index contributed by atoms with van der Waals surface area (Å²) in [5.74, 6) is 0.884. The van der Waals surface area contributed by atoms with Gasteiger partial charge in [-0.15, -0.1) is 0 Å². The second-order valence-corrected chi connectivity index (χ2v) is 2.18. The Kier molecular flexibility index (Phi) is 5.47. The molecule has 64 valence electrons. The average molecular weight is 155 g/mol. The van der Waals surface area contributed by atoms with Crippen molar-refractivity contribution in [3.8, 4) is 0 Å². The topological polar surface area (TPSA) is 27.6 Å². The van der Waals surface area contributed by atoms with Gasteiger partial charge in [-0.05, 0) is 26.1 Å². The Morgan fingerprint density at radius 1 is 1.73 bits per heavy atom. The number of aliphatic imine (C=N–C) groups is 1. The first-order valence-corrected chi connectivity index (χ1v) is 3.88. The lowest BCUT2D eigenvalue weighted by Crippen LogP contribution is -2.34. The van der Waals surface area contributed by atoms with Crippen molar-refractivity contribution in [2.24, 2.45) is 4.99 Å². The molecular weight excluding hydrogens is 138 g/mol. The fraction of sp³-hybridized carbons (Fsp3) is 0.625. The third-order valence-corrected chi connectivity index (χ3v) is 1.41. The van der Waals surface area contributed by atoms with E-state index in [1.807, 2.05) is 25.1 Å². The Hall–Kier alpha value is -0.830. The molecule has 0 fully saturated rings. The SMILES string of the molecule is C=N/C(=C/C)N(CCC)NC. The Balaban J connectivity index is 4.09. The third-order valence-electron chi connectivity index (χ3n) is 1.41. The molecular formula is C8H17N3. The molecule has 11 heavy (non-hydrogen) atoms. The predicted molar refractivity (Wildman–Crippen MR) is 49.4 cm³/mol. The summed E-state index contributed by atoms with van der Waals surface area (Å²) < 4.78 is 0. The van der Waals surface area contributed by atoms with Crippen molar-refractivity contribution in [2.75, 3.05) is 13.6 Å². The summed E-state index contributed by atoms with van der Waals surface area (Å²) in [4.78, 5) is 3.87. The van der Waals surface area contributed by atoms with E-state index in [-0.39, 0.29) is 0 Å². The van der Waals surface area contributed by atoms with Crippen LogP contribution in [0.3, 0.4) is 0 Å². The number of nitrogens with one attached hydrogen (secondary N) is 1. The Morgan fingerprint density at radius 3 is 2.64 bits per heavy atom. The normalized spacial score (nSPS) is 11.4. The lowest BCUT2D eigenvalue weighted by Gasteiger charge is -2.22. The molecule has 0 spiro atoms. The summed E-state index contributed by atoms with van der Waals surface area (Å²) >= 11 is 0. The molecule has 0 amide bonds. The maximum Gasteiger partial charge on any atom is 0.137 e. The van der Waals surface area contributed by atoms with Gasteiger partial charge >= 0.3 is 0 Å². The largest absolute Gasteiger partial charge is 0.293 e. The maximum atomic E-state index is 3.87. The summed E-state index contributed by atoms with van der Waals surface area (Å²) in [7, 11) is 1.88. The van der Waals surface area contributed by atoms with E-state index in [0.717, 1.165) is 18.8 Å². The van der Waals surface area contributed by atoms with E-state index in [0.29, 0.717) is 0 Å². The van der Waals surface area contributed by atoms with Crippen LogP contribution in [0.5, 0.6) is 0 Å². The predicted octanol–water partition coefficient (Wildman–Crippen LogP) is 1.39. The molecule has 1 N–H and O–H groups in total. The molecule has 0 heterocycles. The highest BCUT2D eigenvalue weighted by Crippen LogP contribution is 2.01. The molecule has 0 bridgehead atoms. The van der Waals surface area contributed by atoms with Crippen molar-refractivity contribution in [1.82, 2.24) is 10.4 Å². The Bertz CT molecular complexity index is 140. The summed E-state index contributed by atoms with van der Waals surface area (Å²) in [6, 6.07) is 0.